The lowest BCUT2D eigenvalue weighted by Gasteiger charge is -2.40. The fraction of sp³-hybridized carbons (Fsp3) is 0.887. The summed E-state index contributed by atoms with van der Waals surface area (Å²) in [4.78, 5) is 25.0. The van der Waals surface area contributed by atoms with Gasteiger partial charge in [0.2, 0.25) is 5.91 Å². The van der Waals surface area contributed by atoms with Crippen LogP contribution in [0.2, 0.25) is 0 Å². The van der Waals surface area contributed by atoms with Gasteiger partial charge in [-0.05, 0) is 64.2 Å². The van der Waals surface area contributed by atoms with Gasteiger partial charge < -0.3 is 45.1 Å². The number of rotatable bonds is 45. The molecule has 0 aromatic heterocycles. The van der Waals surface area contributed by atoms with E-state index in [0.717, 1.165) is 96.3 Å². The van der Waals surface area contributed by atoms with Crippen LogP contribution >= 0.6 is 0 Å². The average molecular weight is 910 g/mol. The number of ether oxygens (including phenoxy) is 3. The van der Waals surface area contributed by atoms with Gasteiger partial charge in [0.25, 0.3) is 0 Å². The Morgan fingerprint density at radius 1 is 0.562 bits per heavy atom. The van der Waals surface area contributed by atoms with Gasteiger partial charge >= 0.3 is 5.97 Å². The zero-order valence-corrected chi connectivity index (χ0v) is 41.0. The van der Waals surface area contributed by atoms with Crippen LogP contribution in [-0.4, -0.2) is 100 Å². The molecule has 6 N–H and O–H groups in total. The van der Waals surface area contributed by atoms with Crippen molar-refractivity contribution >= 4 is 11.9 Å². The monoisotopic (exact) mass is 910 g/mol. The lowest BCUT2D eigenvalue weighted by molar-refractivity contribution is -0.302. The molecule has 7 atom stereocenters. The van der Waals surface area contributed by atoms with Gasteiger partial charge in [0.15, 0.2) is 6.29 Å². The maximum absolute atomic E-state index is 13.0. The van der Waals surface area contributed by atoms with E-state index in [1.165, 1.54) is 116 Å². The average Bonchev–Trinajstić information content (AvgIpc) is 3.29. The Bertz CT molecular complexity index is 1120. The molecule has 0 saturated carbocycles. The van der Waals surface area contributed by atoms with Crippen LogP contribution in [0.15, 0.2) is 24.3 Å². The summed E-state index contributed by atoms with van der Waals surface area (Å²) in [6, 6.07) is -0.827. The number of amides is 1. The van der Waals surface area contributed by atoms with Gasteiger partial charge in [0, 0.05) is 12.8 Å². The molecule has 7 unspecified atom stereocenters. The lowest BCUT2D eigenvalue weighted by atomic mass is 9.99. The first-order valence-corrected chi connectivity index (χ1v) is 26.6. The topological polar surface area (TPSA) is 175 Å². The Hall–Kier alpha value is -1.86. The van der Waals surface area contributed by atoms with Crippen LogP contribution < -0.4 is 5.32 Å². The van der Waals surface area contributed by atoms with Crippen molar-refractivity contribution in [3.8, 4) is 0 Å². The summed E-state index contributed by atoms with van der Waals surface area (Å²) in [5, 5.41) is 54.3. The highest BCUT2D eigenvalue weighted by molar-refractivity contribution is 5.76. The Balaban J connectivity index is 2.22. The molecule has 0 aromatic carbocycles. The highest BCUT2D eigenvalue weighted by Crippen LogP contribution is 2.23. The molecule has 11 heteroatoms. The van der Waals surface area contributed by atoms with E-state index in [4.69, 9.17) is 14.2 Å². The van der Waals surface area contributed by atoms with Crippen molar-refractivity contribution in [2.75, 3.05) is 19.8 Å². The van der Waals surface area contributed by atoms with Crippen LogP contribution in [0.4, 0.5) is 0 Å². The molecule has 0 bridgehead atoms. The number of aliphatic hydroxyl groups is 5. The third-order valence-corrected chi connectivity index (χ3v) is 12.6. The second-order valence-electron chi connectivity index (χ2n) is 18.6. The molecule has 11 nitrogen and oxygen atoms in total. The molecule has 1 fully saturated rings. The second-order valence-corrected chi connectivity index (χ2v) is 18.6. The van der Waals surface area contributed by atoms with Crippen LogP contribution in [0.3, 0.4) is 0 Å². The van der Waals surface area contributed by atoms with Crippen molar-refractivity contribution in [2.24, 2.45) is 0 Å². The van der Waals surface area contributed by atoms with E-state index in [0.29, 0.717) is 19.4 Å². The van der Waals surface area contributed by atoms with Gasteiger partial charge in [-0.3, -0.25) is 9.59 Å². The number of hydrogen-bond acceptors (Lipinski definition) is 10. The number of esters is 1. The van der Waals surface area contributed by atoms with E-state index >= 15 is 0 Å². The van der Waals surface area contributed by atoms with Crippen LogP contribution in [0.25, 0.3) is 0 Å². The Labute approximate surface area is 391 Å². The molecule has 376 valence electrons. The number of nitrogens with one attached hydrogen (secondary N) is 1. The molecule has 64 heavy (non-hydrogen) atoms. The lowest BCUT2D eigenvalue weighted by Crippen LogP contribution is -2.60. The highest BCUT2D eigenvalue weighted by atomic mass is 16.7. The third kappa shape index (κ3) is 33.6. The molecule has 1 amide bonds. The molecule has 0 spiro atoms. The number of carbonyl (C=O) groups is 2. The molecule has 1 heterocycles. The quantitative estimate of drug-likeness (QED) is 0.0196. The standard InChI is InChI=1S/C53H99NO10/c1-3-5-7-9-11-13-15-16-20-23-27-31-35-39-46(56)45(44-63-53-52(61)51(60)50(59)47(43-55)64-53)54-48(57)40-36-32-28-24-21-17-18-22-26-30-34-38-42-62-49(58)41-37-33-29-25-19-14-12-10-8-6-4-2/h18,22,35,39,45-47,50-53,55-56,59-61H,3-17,19-21,23-34,36-38,40-44H2,1-2H3,(H,54,57)/b22-18-,39-35+. The van der Waals surface area contributed by atoms with Crippen LogP contribution in [0, 0.1) is 0 Å². The predicted octanol–water partition coefficient (Wildman–Crippen LogP) is 11.0. The molecule has 0 aliphatic carbocycles. The summed E-state index contributed by atoms with van der Waals surface area (Å²) in [6.45, 7) is 4.25. The number of allylic oxidation sites excluding steroid dienone is 3. The molecule has 1 aliphatic heterocycles. The second kappa shape index (κ2) is 43.7. The minimum atomic E-state index is -1.58. The van der Waals surface area contributed by atoms with E-state index in [9.17, 15) is 35.1 Å². The van der Waals surface area contributed by atoms with Gasteiger partial charge in [0.05, 0.1) is 32.0 Å². The van der Waals surface area contributed by atoms with Gasteiger partial charge in [0.1, 0.15) is 24.4 Å². The van der Waals surface area contributed by atoms with E-state index < -0.39 is 49.5 Å². The Morgan fingerprint density at radius 2 is 1.00 bits per heavy atom. The fourth-order valence-corrected chi connectivity index (χ4v) is 8.25. The SMILES string of the molecule is CCCCCCCCCCCCC/C=C/C(O)C(COC1OC(CO)C(O)C(O)C1O)NC(=O)CCCCCCC/C=C\CCCCCOC(=O)CCCCCCCCCCCCC. The summed E-state index contributed by atoms with van der Waals surface area (Å²) in [6.07, 6.45) is 39.6. The van der Waals surface area contributed by atoms with Gasteiger partial charge in [-0.15, -0.1) is 0 Å². The molecule has 1 saturated heterocycles. The zero-order valence-electron chi connectivity index (χ0n) is 41.0. The van der Waals surface area contributed by atoms with Gasteiger partial charge in [-0.2, -0.15) is 0 Å². The minimum absolute atomic E-state index is 0.0473. The molecule has 0 aromatic rings. The van der Waals surface area contributed by atoms with Crippen LogP contribution in [0.5, 0.6) is 0 Å². The Morgan fingerprint density at radius 3 is 1.50 bits per heavy atom. The number of aliphatic hydroxyl groups excluding tert-OH is 5. The van der Waals surface area contributed by atoms with E-state index in [1.54, 1.807) is 6.08 Å². The van der Waals surface area contributed by atoms with E-state index in [1.807, 2.05) is 6.08 Å². The van der Waals surface area contributed by atoms with Gasteiger partial charge in [-0.1, -0.05) is 186 Å². The predicted molar refractivity (Wildman–Crippen MR) is 260 cm³/mol. The van der Waals surface area contributed by atoms with Crippen molar-refractivity contribution in [2.45, 2.75) is 281 Å². The summed E-state index contributed by atoms with van der Waals surface area (Å²) in [5.41, 5.74) is 0. The normalized spacial score (nSPS) is 20.0. The summed E-state index contributed by atoms with van der Waals surface area (Å²) >= 11 is 0. The van der Waals surface area contributed by atoms with Crippen molar-refractivity contribution < 1.29 is 49.3 Å². The minimum Gasteiger partial charge on any atom is -0.466 e. The Kier molecular flexibility index (Phi) is 41.1. The van der Waals surface area contributed by atoms with E-state index in [-0.39, 0.29) is 18.5 Å². The molecular formula is C53H99NO10. The first-order valence-electron chi connectivity index (χ1n) is 26.6. The van der Waals surface area contributed by atoms with Crippen molar-refractivity contribution in [3.63, 3.8) is 0 Å². The number of unbranched alkanes of at least 4 members (excludes halogenated alkanes) is 29. The molecular weight excluding hydrogens is 811 g/mol. The van der Waals surface area contributed by atoms with E-state index in [2.05, 4.69) is 31.3 Å². The molecule has 1 aliphatic rings. The maximum Gasteiger partial charge on any atom is 0.305 e. The maximum atomic E-state index is 13.0. The van der Waals surface area contributed by atoms with Crippen molar-refractivity contribution in [1.29, 1.82) is 0 Å². The van der Waals surface area contributed by atoms with Crippen molar-refractivity contribution in [3.05, 3.63) is 24.3 Å². The third-order valence-electron chi connectivity index (χ3n) is 12.6. The first kappa shape index (κ1) is 60.2. The number of hydrogen-bond donors (Lipinski definition) is 6. The fourth-order valence-electron chi connectivity index (χ4n) is 8.25. The van der Waals surface area contributed by atoms with Gasteiger partial charge in [-0.25, -0.2) is 0 Å². The molecule has 1 rings (SSSR count). The smallest absolute Gasteiger partial charge is 0.305 e. The van der Waals surface area contributed by atoms with Crippen molar-refractivity contribution in [1.82, 2.24) is 5.32 Å². The summed E-state index contributed by atoms with van der Waals surface area (Å²) < 4.78 is 16.6. The molecule has 0 radical (unpaired) electrons. The largest absolute Gasteiger partial charge is 0.466 e. The van der Waals surface area contributed by atoms with Crippen LogP contribution in [0.1, 0.15) is 239 Å². The summed E-state index contributed by atoms with van der Waals surface area (Å²) in [5.74, 6) is -0.255. The zero-order chi connectivity index (χ0) is 46.7. The number of carbonyl (C=O) groups excluding carboxylic acids is 2. The highest BCUT2D eigenvalue weighted by Gasteiger charge is 2.44. The summed E-state index contributed by atoms with van der Waals surface area (Å²) in [7, 11) is 0. The van der Waals surface area contributed by atoms with Crippen LogP contribution in [-0.2, 0) is 23.8 Å². The first-order chi connectivity index (χ1) is 31.2.